The second kappa shape index (κ2) is 3.32. The maximum atomic E-state index is 11.2. The highest BCUT2D eigenvalue weighted by Gasteiger charge is 2.32. The lowest BCUT2D eigenvalue weighted by atomic mass is 9.95. The summed E-state index contributed by atoms with van der Waals surface area (Å²) >= 11 is 0. The van der Waals surface area contributed by atoms with Gasteiger partial charge in [-0.2, -0.15) is 0 Å². The number of sulfonamides is 1. The Balaban J connectivity index is 2.09. The maximum absolute atomic E-state index is 11.2. The molecular weight excluding hydrogens is 228 g/mol. The van der Waals surface area contributed by atoms with E-state index >= 15 is 0 Å². The fraction of sp³-hybridized carbons (Fsp3) is 0.600. The molecule has 4 heterocycles. The van der Waals surface area contributed by atoms with Crippen LogP contribution in [0.5, 0.6) is 0 Å². The van der Waals surface area contributed by atoms with E-state index < -0.39 is 10.0 Å². The van der Waals surface area contributed by atoms with Gasteiger partial charge >= 0.3 is 0 Å². The minimum atomic E-state index is -3.71. The van der Waals surface area contributed by atoms with Crippen LogP contribution in [0.1, 0.15) is 30.1 Å². The van der Waals surface area contributed by atoms with Crippen LogP contribution < -0.4 is 5.14 Å². The van der Waals surface area contributed by atoms with E-state index in [0.29, 0.717) is 5.92 Å². The Hall–Kier alpha value is -0.850. The van der Waals surface area contributed by atoms with Crippen molar-refractivity contribution in [3.8, 4) is 0 Å². The van der Waals surface area contributed by atoms with Crippen LogP contribution in [0.25, 0.3) is 0 Å². The van der Waals surface area contributed by atoms with Crippen molar-refractivity contribution in [3.63, 3.8) is 0 Å². The molecule has 88 valence electrons. The first-order valence-electron chi connectivity index (χ1n) is 5.42. The minimum Gasteiger partial charge on any atom is -0.448 e. The van der Waals surface area contributed by atoms with Crippen LogP contribution in [0.4, 0.5) is 0 Å². The molecule has 16 heavy (non-hydrogen) atoms. The third-order valence-corrected chi connectivity index (χ3v) is 4.21. The van der Waals surface area contributed by atoms with E-state index in [2.05, 4.69) is 4.90 Å². The summed E-state index contributed by atoms with van der Waals surface area (Å²) in [6.45, 7) is 2.92. The standard InChI is InChI=1S/C10H14N2O3S/c11-16(13,14)9-5-8-6-12-3-1-7(2-4-12)10(8)15-9/h5,7H,1-4,6H2,(H2,11,13,14). The van der Waals surface area contributed by atoms with E-state index in [-0.39, 0.29) is 5.09 Å². The Bertz CT molecular complexity index is 512. The molecule has 4 rings (SSSR count). The predicted molar refractivity (Wildman–Crippen MR) is 57.3 cm³/mol. The highest BCUT2D eigenvalue weighted by Crippen LogP contribution is 2.37. The minimum absolute atomic E-state index is 0.0914. The van der Waals surface area contributed by atoms with Crippen molar-refractivity contribution < 1.29 is 12.8 Å². The molecule has 5 nitrogen and oxygen atoms in total. The first-order valence-corrected chi connectivity index (χ1v) is 6.96. The molecule has 1 aromatic heterocycles. The largest absolute Gasteiger partial charge is 0.448 e. The average Bonchev–Trinajstić information content (AvgIpc) is 2.50. The number of nitrogens with zero attached hydrogens (tertiary/aromatic N) is 1. The van der Waals surface area contributed by atoms with Gasteiger partial charge in [-0.3, -0.25) is 4.90 Å². The van der Waals surface area contributed by atoms with E-state index in [0.717, 1.165) is 43.8 Å². The number of primary sulfonamides is 1. The van der Waals surface area contributed by atoms with Gasteiger partial charge < -0.3 is 4.42 Å². The van der Waals surface area contributed by atoms with Crippen LogP contribution in [0.2, 0.25) is 0 Å². The monoisotopic (exact) mass is 242 g/mol. The van der Waals surface area contributed by atoms with Gasteiger partial charge in [0.1, 0.15) is 5.76 Å². The van der Waals surface area contributed by atoms with E-state index in [1.165, 1.54) is 0 Å². The van der Waals surface area contributed by atoms with Gasteiger partial charge in [-0.15, -0.1) is 0 Å². The van der Waals surface area contributed by atoms with Gasteiger partial charge in [-0.25, -0.2) is 13.6 Å². The number of fused-ring (bicyclic) bond motifs is 2. The summed E-state index contributed by atoms with van der Waals surface area (Å²) in [5.41, 5.74) is 0.990. The number of rotatable bonds is 1. The smallest absolute Gasteiger partial charge is 0.271 e. The summed E-state index contributed by atoms with van der Waals surface area (Å²) < 4.78 is 27.9. The van der Waals surface area contributed by atoms with Gasteiger partial charge in [-0.05, 0) is 25.9 Å². The molecule has 0 aromatic carbocycles. The van der Waals surface area contributed by atoms with E-state index in [1.807, 2.05) is 0 Å². The van der Waals surface area contributed by atoms with Crippen molar-refractivity contribution >= 4 is 10.0 Å². The third-order valence-electron chi connectivity index (χ3n) is 3.45. The SMILES string of the molecule is NS(=O)(=O)c1cc2c(o1)C1CCN(CC1)C2. The van der Waals surface area contributed by atoms with Crippen LogP contribution in [-0.2, 0) is 16.6 Å². The van der Waals surface area contributed by atoms with Crippen molar-refractivity contribution in [3.05, 3.63) is 17.4 Å². The molecule has 0 amide bonds. The fourth-order valence-corrected chi connectivity index (χ4v) is 3.13. The molecule has 3 aliphatic rings. The molecule has 1 fully saturated rings. The van der Waals surface area contributed by atoms with Crippen LogP contribution in [-0.4, -0.2) is 26.4 Å². The molecule has 0 aliphatic carbocycles. The number of hydrogen-bond acceptors (Lipinski definition) is 4. The Labute approximate surface area is 94.3 Å². The molecule has 0 spiro atoms. The number of nitrogens with two attached hydrogens (primary N) is 1. The summed E-state index contributed by atoms with van der Waals surface area (Å²) in [6.07, 6.45) is 2.09. The van der Waals surface area contributed by atoms with Gasteiger partial charge in [0.25, 0.3) is 10.0 Å². The molecular formula is C10H14N2O3S. The van der Waals surface area contributed by atoms with Crippen molar-refractivity contribution in [1.82, 2.24) is 4.90 Å². The summed E-state index contributed by atoms with van der Waals surface area (Å²) in [5.74, 6) is 1.20. The normalized spacial score (nSPS) is 28.8. The van der Waals surface area contributed by atoms with E-state index in [4.69, 9.17) is 9.56 Å². The highest BCUT2D eigenvalue weighted by atomic mass is 32.2. The maximum Gasteiger partial charge on any atom is 0.271 e. The first-order chi connectivity index (χ1) is 7.54. The van der Waals surface area contributed by atoms with Gasteiger partial charge in [0, 0.05) is 24.1 Å². The van der Waals surface area contributed by atoms with E-state index in [9.17, 15) is 8.42 Å². The van der Waals surface area contributed by atoms with Gasteiger partial charge in [0.15, 0.2) is 0 Å². The Morgan fingerprint density at radius 2 is 2.06 bits per heavy atom. The molecule has 0 saturated carbocycles. The highest BCUT2D eigenvalue weighted by molar-refractivity contribution is 7.89. The molecule has 0 unspecified atom stereocenters. The molecule has 2 N–H and O–H groups in total. The van der Waals surface area contributed by atoms with Crippen molar-refractivity contribution in [2.45, 2.75) is 30.4 Å². The summed E-state index contributed by atoms with van der Waals surface area (Å²) in [5, 5.41) is 4.98. The lowest BCUT2D eigenvalue weighted by molar-refractivity contribution is 0.212. The molecule has 2 bridgehead atoms. The summed E-state index contributed by atoms with van der Waals surface area (Å²) in [6, 6.07) is 1.58. The number of piperidine rings is 1. The van der Waals surface area contributed by atoms with Gasteiger partial charge in [0.05, 0.1) is 0 Å². The van der Waals surface area contributed by atoms with Crippen LogP contribution in [0.15, 0.2) is 15.6 Å². The quantitative estimate of drug-likeness (QED) is 0.783. The van der Waals surface area contributed by atoms with Crippen LogP contribution in [0.3, 0.4) is 0 Å². The number of hydrogen-bond donors (Lipinski definition) is 1. The van der Waals surface area contributed by atoms with Crippen molar-refractivity contribution in [1.29, 1.82) is 0 Å². The van der Waals surface area contributed by atoms with Gasteiger partial charge in [0.2, 0.25) is 5.09 Å². The van der Waals surface area contributed by atoms with Crippen LogP contribution in [0, 0.1) is 0 Å². The molecule has 3 aliphatic heterocycles. The topological polar surface area (TPSA) is 76.5 Å². The zero-order chi connectivity index (χ0) is 11.3. The zero-order valence-corrected chi connectivity index (χ0v) is 9.66. The van der Waals surface area contributed by atoms with E-state index in [1.54, 1.807) is 6.07 Å². The predicted octanol–water partition coefficient (Wildman–Crippen LogP) is 0.620. The van der Waals surface area contributed by atoms with Crippen molar-refractivity contribution in [2.24, 2.45) is 5.14 Å². The fourth-order valence-electron chi connectivity index (χ4n) is 2.62. The molecule has 6 heteroatoms. The zero-order valence-electron chi connectivity index (χ0n) is 8.85. The van der Waals surface area contributed by atoms with Crippen molar-refractivity contribution in [2.75, 3.05) is 13.1 Å². The third kappa shape index (κ3) is 1.57. The Kier molecular flexibility index (Phi) is 2.14. The molecule has 1 aromatic rings. The summed E-state index contributed by atoms with van der Waals surface area (Å²) in [7, 11) is -3.71. The molecule has 1 saturated heterocycles. The van der Waals surface area contributed by atoms with Gasteiger partial charge in [-0.1, -0.05) is 0 Å². The second-order valence-corrected chi connectivity index (χ2v) is 6.04. The lowest BCUT2D eigenvalue weighted by Gasteiger charge is -2.26. The Morgan fingerprint density at radius 1 is 1.38 bits per heavy atom. The summed E-state index contributed by atoms with van der Waals surface area (Å²) in [4.78, 5) is 2.32. The van der Waals surface area contributed by atoms with Crippen LogP contribution >= 0.6 is 0 Å². The molecule has 0 radical (unpaired) electrons. The average molecular weight is 242 g/mol. The molecule has 0 atom stereocenters. The Morgan fingerprint density at radius 3 is 2.69 bits per heavy atom. The lowest BCUT2D eigenvalue weighted by Crippen LogP contribution is -2.28. The second-order valence-electron chi connectivity index (χ2n) is 4.55. The number of furan rings is 1. The first kappa shape index (κ1) is 10.3.